The van der Waals surface area contributed by atoms with E-state index in [4.69, 9.17) is 11.6 Å². The third kappa shape index (κ3) is 3.24. The van der Waals surface area contributed by atoms with Crippen LogP contribution in [0.2, 0.25) is 5.02 Å². The Kier molecular flexibility index (Phi) is 4.39. The number of carbonyl (C=O) groups is 1. The molecule has 0 saturated heterocycles. The minimum absolute atomic E-state index is 0.00477. The molecule has 0 saturated carbocycles. The van der Waals surface area contributed by atoms with E-state index in [2.05, 4.69) is 31.2 Å². The van der Waals surface area contributed by atoms with Gasteiger partial charge in [0.2, 0.25) is 0 Å². The zero-order chi connectivity index (χ0) is 13.8. The van der Waals surface area contributed by atoms with Crippen LogP contribution in [0.5, 0.6) is 0 Å². The fourth-order valence-electron chi connectivity index (χ4n) is 2.13. The summed E-state index contributed by atoms with van der Waals surface area (Å²) in [5.41, 5.74) is 4.08. The van der Waals surface area contributed by atoms with E-state index < -0.39 is 0 Å². The first-order valence-electron chi connectivity index (χ1n) is 6.51. The largest absolute Gasteiger partial charge is 0.294 e. The van der Waals surface area contributed by atoms with Gasteiger partial charge in [-0.1, -0.05) is 55.3 Å². The Morgan fingerprint density at radius 1 is 1.05 bits per heavy atom. The monoisotopic (exact) mass is 272 g/mol. The summed E-state index contributed by atoms with van der Waals surface area (Å²) >= 11 is 6.13. The highest BCUT2D eigenvalue weighted by Crippen LogP contribution is 2.26. The van der Waals surface area contributed by atoms with Crippen LogP contribution in [0.4, 0.5) is 0 Å². The molecule has 2 rings (SSSR count). The summed E-state index contributed by atoms with van der Waals surface area (Å²) in [6.07, 6.45) is 2.25. The highest BCUT2D eigenvalue weighted by Gasteiger charge is 2.07. The summed E-state index contributed by atoms with van der Waals surface area (Å²) in [5, 5.41) is 0.516. The Hall–Kier alpha value is -1.60. The number of hydrogen-bond acceptors (Lipinski definition) is 1. The Balaban J connectivity index is 2.31. The Morgan fingerprint density at radius 3 is 2.21 bits per heavy atom. The first kappa shape index (κ1) is 13.8. The minimum atomic E-state index is -0.00477. The number of benzene rings is 2. The molecule has 0 atom stereocenters. The molecule has 0 heterocycles. The lowest BCUT2D eigenvalue weighted by Crippen LogP contribution is -1.93. The van der Waals surface area contributed by atoms with Crippen molar-refractivity contribution in [2.75, 3.05) is 0 Å². The summed E-state index contributed by atoms with van der Waals surface area (Å²) in [7, 11) is 0. The molecule has 98 valence electrons. The van der Waals surface area contributed by atoms with Gasteiger partial charge in [-0.3, -0.25) is 4.79 Å². The van der Waals surface area contributed by atoms with E-state index in [0.29, 0.717) is 10.6 Å². The quantitative estimate of drug-likeness (QED) is 0.703. The summed E-state index contributed by atoms with van der Waals surface area (Å²) in [6.45, 7) is 3.70. The van der Waals surface area contributed by atoms with Crippen molar-refractivity contribution in [3.63, 3.8) is 0 Å². The van der Waals surface area contributed by atoms with Crippen molar-refractivity contribution in [3.05, 3.63) is 58.6 Å². The Bertz CT molecular complexity index is 585. The van der Waals surface area contributed by atoms with Gasteiger partial charge in [-0.25, -0.2) is 0 Å². The van der Waals surface area contributed by atoms with Crippen molar-refractivity contribution in [3.8, 4) is 11.1 Å². The lowest BCUT2D eigenvalue weighted by atomic mass is 10.0. The van der Waals surface area contributed by atoms with Gasteiger partial charge >= 0.3 is 0 Å². The number of Topliss-reactive ketones (excluding diaryl/α,β-unsaturated/α-hetero) is 1. The van der Waals surface area contributed by atoms with Gasteiger partial charge < -0.3 is 0 Å². The molecule has 2 heteroatoms. The van der Waals surface area contributed by atoms with Crippen molar-refractivity contribution in [1.82, 2.24) is 0 Å². The van der Waals surface area contributed by atoms with Gasteiger partial charge in [-0.2, -0.15) is 0 Å². The van der Waals surface area contributed by atoms with E-state index in [1.54, 1.807) is 6.07 Å². The number of aryl methyl sites for hydroxylation is 1. The van der Waals surface area contributed by atoms with Gasteiger partial charge in [0.15, 0.2) is 5.78 Å². The summed E-state index contributed by atoms with van der Waals surface area (Å²) in [4.78, 5) is 11.3. The first-order chi connectivity index (χ1) is 9.11. The molecule has 19 heavy (non-hydrogen) atoms. The molecule has 0 aliphatic heterocycles. The van der Waals surface area contributed by atoms with Crippen LogP contribution >= 0.6 is 11.6 Å². The van der Waals surface area contributed by atoms with Crippen LogP contribution in [0.25, 0.3) is 11.1 Å². The number of carbonyl (C=O) groups excluding carboxylic acids is 1. The predicted octanol–water partition coefficient (Wildman–Crippen LogP) is 5.16. The number of ketones is 1. The standard InChI is InChI=1S/C17H17ClO/c1-3-4-13-5-7-14(8-6-13)15-9-10-16(12(2)19)17(18)11-15/h5-11H,3-4H2,1-2H3. The maximum absolute atomic E-state index is 11.3. The third-order valence-corrected chi connectivity index (χ3v) is 3.49. The van der Waals surface area contributed by atoms with Crippen molar-refractivity contribution >= 4 is 17.4 Å². The van der Waals surface area contributed by atoms with Crippen molar-refractivity contribution in [1.29, 1.82) is 0 Å². The summed E-state index contributed by atoms with van der Waals surface area (Å²) < 4.78 is 0. The SMILES string of the molecule is CCCc1ccc(-c2ccc(C(C)=O)c(Cl)c2)cc1. The molecule has 2 aromatic carbocycles. The second-order valence-corrected chi connectivity index (χ2v) is 5.10. The smallest absolute Gasteiger partial charge is 0.161 e. The average molecular weight is 273 g/mol. The maximum atomic E-state index is 11.3. The van der Waals surface area contributed by atoms with Crippen LogP contribution in [0.15, 0.2) is 42.5 Å². The fourth-order valence-corrected chi connectivity index (χ4v) is 2.45. The lowest BCUT2D eigenvalue weighted by molar-refractivity contribution is 0.101. The second-order valence-electron chi connectivity index (χ2n) is 4.70. The van der Waals surface area contributed by atoms with Gasteiger partial charge in [-0.15, -0.1) is 0 Å². The van der Waals surface area contributed by atoms with Gasteiger partial charge in [0, 0.05) is 5.56 Å². The van der Waals surface area contributed by atoms with Gasteiger partial charge in [0.05, 0.1) is 5.02 Å². The molecule has 0 spiro atoms. The highest BCUT2D eigenvalue weighted by atomic mass is 35.5. The molecular weight excluding hydrogens is 256 g/mol. The molecule has 0 aromatic heterocycles. The number of halogens is 1. The lowest BCUT2D eigenvalue weighted by Gasteiger charge is -2.06. The Morgan fingerprint density at radius 2 is 1.68 bits per heavy atom. The van der Waals surface area contributed by atoms with Gasteiger partial charge in [0.25, 0.3) is 0 Å². The van der Waals surface area contributed by atoms with E-state index in [0.717, 1.165) is 24.0 Å². The van der Waals surface area contributed by atoms with Crippen molar-refractivity contribution in [2.45, 2.75) is 26.7 Å². The van der Waals surface area contributed by atoms with E-state index in [-0.39, 0.29) is 5.78 Å². The van der Waals surface area contributed by atoms with E-state index >= 15 is 0 Å². The number of rotatable bonds is 4. The fraction of sp³-hybridized carbons (Fsp3) is 0.235. The molecule has 0 fully saturated rings. The molecule has 0 N–H and O–H groups in total. The molecule has 0 radical (unpaired) electrons. The molecule has 2 aromatic rings. The Labute approximate surface area is 119 Å². The van der Waals surface area contributed by atoms with Crippen LogP contribution in [-0.4, -0.2) is 5.78 Å². The first-order valence-corrected chi connectivity index (χ1v) is 6.89. The minimum Gasteiger partial charge on any atom is -0.294 e. The molecule has 0 aliphatic rings. The molecular formula is C17H17ClO. The predicted molar refractivity (Wildman–Crippen MR) is 80.9 cm³/mol. The van der Waals surface area contributed by atoms with Crippen LogP contribution < -0.4 is 0 Å². The topological polar surface area (TPSA) is 17.1 Å². The molecule has 0 amide bonds. The molecule has 0 unspecified atom stereocenters. The summed E-state index contributed by atoms with van der Waals surface area (Å²) in [5.74, 6) is -0.00477. The van der Waals surface area contributed by atoms with Crippen LogP contribution in [-0.2, 0) is 6.42 Å². The third-order valence-electron chi connectivity index (χ3n) is 3.17. The maximum Gasteiger partial charge on any atom is 0.161 e. The van der Waals surface area contributed by atoms with E-state index in [1.807, 2.05) is 12.1 Å². The van der Waals surface area contributed by atoms with Crippen molar-refractivity contribution in [2.24, 2.45) is 0 Å². The normalized spacial score (nSPS) is 10.5. The second kappa shape index (κ2) is 6.03. The molecule has 0 bridgehead atoms. The average Bonchev–Trinajstić information content (AvgIpc) is 2.39. The zero-order valence-corrected chi connectivity index (χ0v) is 12.0. The van der Waals surface area contributed by atoms with Gasteiger partial charge in [0.1, 0.15) is 0 Å². The van der Waals surface area contributed by atoms with Crippen LogP contribution in [0, 0.1) is 0 Å². The highest BCUT2D eigenvalue weighted by molar-refractivity contribution is 6.34. The zero-order valence-electron chi connectivity index (χ0n) is 11.2. The number of hydrogen-bond donors (Lipinski definition) is 0. The summed E-state index contributed by atoms with van der Waals surface area (Å²) in [6, 6.07) is 14.1. The van der Waals surface area contributed by atoms with Crippen LogP contribution in [0.3, 0.4) is 0 Å². The molecule has 0 aliphatic carbocycles. The molecule has 1 nitrogen and oxygen atoms in total. The van der Waals surface area contributed by atoms with Gasteiger partial charge in [-0.05, 0) is 42.2 Å². The van der Waals surface area contributed by atoms with E-state index in [9.17, 15) is 4.79 Å². The van der Waals surface area contributed by atoms with Crippen LogP contribution in [0.1, 0.15) is 36.2 Å². The van der Waals surface area contributed by atoms with E-state index in [1.165, 1.54) is 12.5 Å². The van der Waals surface area contributed by atoms with Crippen molar-refractivity contribution < 1.29 is 4.79 Å².